The molecule has 0 bridgehead atoms. The molecule has 0 aliphatic rings. The first-order valence-electron chi connectivity index (χ1n) is 7.46. The number of aryl methyl sites for hydroxylation is 2. The summed E-state index contributed by atoms with van der Waals surface area (Å²) in [4.78, 5) is 17.1. The van der Waals surface area contributed by atoms with Crippen molar-refractivity contribution in [1.82, 2.24) is 10.3 Å². The highest BCUT2D eigenvalue weighted by Gasteiger charge is 2.15. The van der Waals surface area contributed by atoms with E-state index >= 15 is 0 Å². The summed E-state index contributed by atoms with van der Waals surface area (Å²) in [6, 6.07) is 8.05. The van der Waals surface area contributed by atoms with Crippen molar-refractivity contribution in [2.45, 2.75) is 39.7 Å². The van der Waals surface area contributed by atoms with Gasteiger partial charge < -0.3 is 11.1 Å². The van der Waals surface area contributed by atoms with E-state index in [1.807, 2.05) is 26.0 Å². The zero-order chi connectivity index (χ0) is 16.3. The van der Waals surface area contributed by atoms with Gasteiger partial charge in [0.1, 0.15) is 4.88 Å². The zero-order valence-electron chi connectivity index (χ0n) is 14.3. The van der Waals surface area contributed by atoms with Crippen LogP contribution in [0.5, 0.6) is 0 Å². The number of aromatic nitrogens is 1. The maximum Gasteiger partial charge on any atom is 0.263 e. The third-order valence-electron chi connectivity index (χ3n) is 3.62. The minimum absolute atomic E-state index is 0. The summed E-state index contributed by atoms with van der Waals surface area (Å²) >= 11 is 1.41. The Morgan fingerprint density at radius 2 is 1.71 bits per heavy atom. The minimum Gasteiger partial charge on any atom is -0.349 e. The summed E-state index contributed by atoms with van der Waals surface area (Å²) < 4.78 is 0. The number of nitrogens with one attached hydrogen (secondary N) is 1. The lowest BCUT2D eigenvalue weighted by molar-refractivity contribution is 0.0954. The van der Waals surface area contributed by atoms with Crippen molar-refractivity contribution < 1.29 is 4.79 Å². The molecule has 2 rings (SSSR count). The Morgan fingerprint density at radius 3 is 2.17 bits per heavy atom. The topological polar surface area (TPSA) is 68.0 Å². The first-order valence-corrected chi connectivity index (χ1v) is 8.27. The van der Waals surface area contributed by atoms with Crippen LogP contribution in [0.25, 0.3) is 0 Å². The van der Waals surface area contributed by atoms with Gasteiger partial charge in [-0.05, 0) is 30.9 Å². The molecular formula is C17H25Cl2N3OS. The molecule has 4 nitrogen and oxygen atoms in total. The Bertz CT molecular complexity index is 656. The Balaban J connectivity index is 0.00000264. The van der Waals surface area contributed by atoms with Crippen LogP contribution in [0.2, 0.25) is 0 Å². The van der Waals surface area contributed by atoms with Gasteiger partial charge in [0.25, 0.3) is 5.91 Å². The Morgan fingerprint density at radius 1 is 1.17 bits per heavy atom. The number of rotatable bonds is 5. The van der Waals surface area contributed by atoms with Crippen LogP contribution >= 0.6 is 36.2 Å². The molecule has 0 fully saturated rings. The second-order valence-corrected chi connectivity index (χ2v) is 6.99. The number of nitrogens with two attached hydrogens (primary N) is 1. The predicted octanol–water partition coefficient (Wildman–Crippen LogP) is 4.16. The smallest absolute Gasteiger partial charge is 0.263 e. The first-order chi connectivity index (χ1) is 10.4. The quantitative estimate of drug-likeness (QED) is 0.806. The molecule has 1 aromatic heterocycles. The van der Waals surface area contributed by atoms with E-state index in [1.165, 1.54) is 16.9 Å². The average Bonchev–Trinajstić information content (AvgIpc) is 2.83. The van der Waals surface area contributed by atoms with Gasteiger partial charge in [-0.1, -0.05) is 38.1 Å². The van der Waals surface area contributed by atoms with Gasteiger partial charge in [-0.2, -0.15) is 0 Å². The fraction of sp³-hybridized carbons (Fsp3) is 0.412. The van der Waals surface area contributed by atoms with E-state index in [0.29, 0.717) is 17.3 Å². The van der Waals surface area contributed by atoms with Crippen molar-refractivity contribution in [3.8, 4) is 0 Å². The summed E-state index contributed by atoms with van der Waals surface area (Å²) in [5.74, 6) is 0.403. The maximum absolute atomic E-state index is 12.2. The van der Waals surface area contributed by atoms with Crippen LogP contribution in [0.1, 0.15) is 57.3 Å². The predicted molar refractivity (Wildman–Crippen MR) is 106 cm³/mol. The monoisotopic (exact) mass is 389 g/mol. The third kappa shape index (κ3) is 5.74. The van der Waals surface area contributed by atoms with Crippen molar-refractivity contribution in [1.29, 1.82) is 0 Å². The van der Waals surface area contributed by atoms with E-state index in [2.05, 4.69) is 36.3 Å². The van der Waals surface area contributed by atoms with E-state index in [9.17, 15) is 4.79 Å². The SMILES string of the molecule is Cc1nc(C)c(C(=O)NCC(N)c2ccc(C(C)C)cc2)s1.Cl.Cl. The van der Waals surface area contributed by atoms with Gasteiger partial charge in [-0.15, -0.1) is 36.2 Å². The highest BCUT2D eigenvalue weighted by molar-refractivity contribution is 7.13. The fourth-order valence-corrected chi connectivity index (χ4v) is 3.11. The van der Waals surface area contributed by atoms with E-state index < -0.39 is 0 Å². The number of thiazole rings is 1. The Labute approximate surface area is 160 Å². The van der Waals surface area contributed by atoms with E-state index in [0.717, 1.165) is 16.3 Å². The van der Waals surface area contributed by atoms with Crippen LogP contribution in [0, 0.1) is 13.8 Å². The van der Waals surface area contributed by atoms with Gasteiger partial charge in [0, 0.05) is 12.6 Å². The molecule has 0 aliphatic carbocycles. The molecule has 1 unspecified atom stereocenters. The second kappa shape index (κ2) is 9.99. The zero-order valence-corrected chi connectivity index (χ0v) is 16.8. The Kier molecular flexibility index (Phi) is 9.51. The van der Waals surface area contributed by atoms with Gasteiger partial charge in [-0.25, -0.2) is 4.98 Å². The molecule has 1 aromatic carbocycles. The number of amides is 1. The van der Waals surface area contributed by atoms with Crippen LogP contribution in [0.3, 0.4) is 0 Å². The standard InChI is InChI=1S/C17H23N3OS.2ClH/c1-10(2)13-5-7-14(8-6-13)15(18)9-19-17(21)16-11(3)20-12(4)22-16;;/h5-8,10,15H,9,18H2,1-4H3,(H,19,21);2*1H. The average molecular weight is 390 g/mol. The number of hydrogen-bond acceptors (Lipinski definition) is 4. The minimum atomic E-state index is -0.209. The molecule has 0 radical (unpaired) electrons. The number of carbonyl (C=O) groups is 1. The molecule has 24 heavy (non-hydrogen) atoms. The summed E-state index contributed by atoms with van der Waals surface area (Å²) in [5, 5.41) is 3.79. The number of nitrogens with zero attached hydrogens (tertiary/aromatic N) is 1. The highest BCUT2D eigenvalue weighted by Crippen LogP contribution is 2.19. The van der Waals surface area contributed by atoms with E-state index in [1.54, 1.807) is 0 Å². The van der Waals surface area contributed by atoms with Crippen molar-refractivity contribution in [2.75, 3.05) is 6.54 Å². The number of carbonyl (C=O) groups excluding carboxylic acids is 1. The normalized spacial score (nSPS) is 11.4. The van der Waals surface area contributed by atoms with Crippen molar-refractivity contribution >= 4 is 42.1 Å². The van der Waals surface area contributed by atoms with Gasteiger partial charge >= 0.3 is 0 Å². The lowest BCUT2D eigenvalue weighted by Gasteiger charge is -2.14. The second-order valence-electron chi connectivity index (χ2n) is 5.79. The summed E-state index contributed by atoms with van der Waals surface area (Å²) in [6.07, 6.45) is 0. The van der Waals surface area contributed by atoms with Gasteiger partial charge in [-0.3, -0.25) is 4.79 Å². The molecule has 0 aliphatic heterocycles. The van der Waals surface area contributed by atoms with E-state index in [4.69, 9.17) is 5.73 Å². The number of halogens is 2. The molecule has 2 aromatic rings. The summed E-state index contributed by atoms with van der Waals surface area (Å²) in [7, 11) is 0. The Hall–Kier alpha value is -1.14. The molecule has 1 atom stereocenters. The molecule has 0 spiro atoms. The largest absolute Gasteiger partial charge is 0.349 e. The van der Waals surface area contributed by atoms with Gasteiger partial charge in [0.2, 0.25) is 0 Å². The lowest BCUT2D eigenvalue weighted by Crippen LogP contribution is -2.31. The molecule has 134 valence electrons. The molecule has 0 saturated heterocycles. The molecule has 3 N–H and O–H groups in total. The summed E-state index contributed by atoms with van der Waals surface area (Å²) in [5.41, 5.74) is 9.25. The van der Waals surface area contributed by atoms with Crippen LogP contribution in [-0.2, 0) is 0 Å². The van der Waals surface area contributed by atoms with E-state index in [-0.39, 0.29) is 36.8 Å². The van der Waals surface area contributed by atoms with Gasteiger partial charge in [0.05, 0.1) is 10.7 Å². The lowest BCUT2D eigenvalue weighted by atomic mass is 9.99. The number of hydrogen-bond donors (Lipinski definition) is 2. The maximum atomic E-state index is 12.2. The molecule has 0 saturated carbocycles. The molecular weight excluding hydrogens is 365 g/mol. The fourth-order valence-electron chi connectivity index (χ4n) is 2.27. The molecule has 1 heterocycles. The van der Waals surface area contributed by atoms with Crippen molar-refractivity contribution in [2.24, 2.45) is 5.73 Å². The van der Waals surface area contributed by atoms with Crippen LogP contribution < -0.4 is 11.1 Å². The van der Waals surface area contributed by atoms with Crippen LogP contribution in [0.15, 0.2) is 24.3 Å². The van der Waals surface area contributed by atoms with Crippen LogP contribution in [-0.4, -0.2) is 17.4 Å². The number of benzene rings is 1. The third-order valence-corrected chi connectivity index (χ3v) is 4.70. The van der Waals surface area contributed by atoms with Crippen molar-refractivity contribution in [3.63, 3.8) is 0 Å². The molecule has 7 heteroatoms. The van der Waals surface area contributed by atoms with Gasteiger partial charge in [0.15, 0.2) is 0 Å². The highest BCUT2D eigenvalue weighted by atomic mass is 35.5. The van der Waals surface area contributed by atoms with Crippen molar-refractivity contribution in [3.05, 3.63) is 51.0 Å². The first kappa shape index (κ1) is 22.9. The molecule has 1 amide bonds. The summed E-state index contributed by atoms with van der Waals surface area (Å²) in [6.45, 7) is 8.48. The van der Waals surface area contributed by atoms with Crippen LogP contribution in [0.4, 0.5) is 0 Å².